The van der Waals surface area contributed by atoms with E-state index in [1.807, 2.05) is 0 Å². The molecule has 0 aromatic heterocycles. The van der Waals surface area contributed by atoms with Crippen molar-refractivity contribution in [3.8, 4) is 0 Å². The van der Waals surface area contributed by atoms with E-state index in [1.165, 1.54) is 13.5 Å². The molecule has 0 radical (unpaired) electrons. The molecule has 1 fully saturated rings. The number of nitrogens with one attached hydrogen (secondary N) is 2. The maximum Gasteiger partial charge on any atom is 0.305 e. The highest BCUT2D eigenvalue weighted by Gasteiger charge is 2.15. The van der Waals surface area contributed by atoms with Gasteiger partial charge in [-0.2, -0.15) is 0 Å². The Morgan fingerprint density at radius 1 is 1.39 bits per heavy atom. The maximum absolute atomic E-state index is 11.5. The first kappa shape index (κ1) is 17.2. The smallest absolute Gasteiger partial charge is 0.305 e. The van der Waals surface area contributed by atoms with Crippen molar-refractivity contribution >= 4 is 24.3 Å². The van der Waals surface area contributed by atoms with Crippen LogP contribution in [-0.2, 0) is 14.3 Å². The fraction of sp³-hybridized carbons (Fsp3) is 0.833. The molecule has 1 amide bonds. The van der Waals surface area contributed by atoms with Gasteiger partial charge in [0.15, 0.2) is 0 Å². The number of carbonyl (C=O) groups is 2. The minimum atomic E-state index is -0.226. The van der Waals surface area contributed by atoms with Crippen LogP contribution in [0.2, 0.25) is 0 Å². The molecule has 18 heavy (non-hydrogen) atoms. The first-order valence-corrected chi connectivity index (χ1v) is 6.26. The predicted octanol–water partition coefficient (Wildman–Crippen LogP) is 0.867. The molecule has 0 spiro atoms. The summed E-state index contributed by atoms with van der Waals surface area (Å²) in [7, 11) is 1.37. The van der Waals surface area contributed by atoms with E-state index in [4.69, 9.17) is 0 Å². The van der Waals surface area contributed by atoms with Gasteiger partial charge in [-0.15, -0.1) is 12.4 Å². The SMILES string of the molecule is COC(=O)CCCNC(=O)CCC1CCNC1.Cl. The molecule has 0 aromatic carbocycles. The standard InChI is InChI=1S/C12H22N2O3.ClH/c1-17-12(16)3-2-7-14-11(15)5-4-10-6-8-13-9-10;/h10,13H,2-9H2,1H3,(H,14,15);1H. The lowest BCUT2D eigenvalue weighted by Crippen LogP contribution is -2.25. The molecule has 5 nitrogen and oxygen atoms in total. The Labute approximate surface area is 114 Å². The van der Waals surface area contributed by atoms with Crippen molar-refractivity contribution in [2.75, 3.05) is 26.7 Å². The number of carbonyl (C=O) groups excluding carboxylic acids is 2. The third kappa shape index (κ3) is 7.50. The Balaban J connectivity index is 0.00000289. The van der Waals surface area contributed by atoms with Crippen LogP contribution in [0, 0.1) is 5.92 Å². The third-order valence-corrected chi connectivity index (χ3v) is 3.05. The largest absolute Gasteiger partial charge is 0.469 e. The van der Waals surface area contributed by atoms with Gasteiger partial charge in [-0.3, -0.25) is 9.59 Å². The average Bonchev–Trinajstić information content (AvgIpc) is 2.84. The number of amides is 1. The van der Waals surface area contributed by atoms with Crippen LogP contribution in [-0.4, -0.2) is 38.6 Å². The molecule has 0 saturated carbocycles. The number of rotatable bonds is 7. The first-order chi connectivity index (χ1) is 8.22. The lowest BCUT2D eigenvalue weighted by Gasteiger charge is -2.08. The number of ether oxygens (including phenoxy) is 1. The van der Waals surface area contributed by atoms with Crippen molar-refractivity contribution < 1.29 is 14.3 Å². The Morgan fingerprint density at radius 2 is 2.17 bits per heavy atom. The summed E-state index contributed by atoms with van der Waals surface area (Å²) >= 11 is 0. The van der Waals surface area contributed by atoms with Gasteiger partial charge in [0, 0.05) is 19.4 Å². The minimum absolute atomic E-state index is 0. The number of esters is 1. The van der Waals surface area contributed by atoms with Crippen LogP contribution < -0.4 is 10.6 Å². The molecular weight excluding hydrogens is 256 g/mol. The number of hydrogen-bond donors (Lipinski definition) is 2. The molecule has 106 valence electrons. The van der Waals surface area contributed by atoms with E-state index in [-0.39, 0.29) is 24.3 Å². The molecule has 1 saturated heterocycles. The summed E-state index contributed by atoms with van der Waals surface area (Å²) in [5.74, 6) is 0.508. The van der Waals surface area contributed by atoms with Gasteiger partial charge in [0.05, 0.1) is 7.11 Å². The number of hydrogen-bond acceptors (Lipinski definition) is 4. The van der Waals surface area contributed by atoms with E-state index in [9.17, 15) is 9.59 Å². The van der Waals surface area contributed by atoms with E-state index < -0.39 is 0 Å². The van der Waals surface area contributed by atoms with E-state index in [0.717, 1.165) is 19.5 Å². The fourth-order valence-electron chi connectivity index (χ4n) is 1.95. The van der Waals surface area contributed by atoms with Crippen molar-refractivity contribution in [3.05, 3.63) is 0 Å². The monoisotopic (exact) mass is 278 g/mol. The summed E-state index contributed by atoms with van der Waals surface area (Å²) in [6, 6.07) is 0. The molecule has 6 heteroatoms. The van der Waals surface area contributed by atoms with Crippen LogP contribution in [0.5, 0.6) is 0 Å². The molecule has 1 rings (SSSR count). The molecule has 0 aromatic rings. The highest BCUT2D eigenvalue weighted by Crippen LogP contribution is 2.13. The lowest BCUT2D eigenvalue weighted by molar-refractivity contribution is -0.140. The first-order valence-electron chi connectivity index (χ1n) is 6.26. The molecule has 1 aliphatic heterocycles. The summed E-state index contributed by atoms with van der Waals surface area (Å²) in [5.41, 5.74) is 0. The van der Waals surface area contributed by atoms with Crippen molar-refractivity contribution in [2.45, 2.75) is 32.1 Å². The van der Waals surface area contributed by atoms with Crippen LogP contribution in [0.25, 0.3) is 0 Å². The van der Waals surface area contributed by atoms with Crippen LogP contribution in [0.15, 0.2) is 0 Å². The van der Waals surface area contributed by atoms with Crippen molar-refractivity contribution in [2.24, 2.45) is 5.92 Å². The topological polar surface area (TPSA) is 67.4 Å². The Hall–Kier alpha value is -0.810. The van der Waals surface area contributed by atoms with E-state index in [0.29, 0.717) is 31.7 Å². The van der Waals surface area contributed by atoms with Gasteiger partial charge >= 0.3 is 5.97 Å². The molecule has 1 heterocycles. The van der Waals surface area contributed by atoms with Crippen LogP contribution >= 0.6 is 12.4 Å². The van der Waals surface area contributed by atoms with Crippen molar-refractivity contribution in [1.29, 1.82) is 0 Å². The van der Waals surface area contributed by atoms with Gasteiger partial charge in [0.25, 0.3) is 0 Å². The zero-order valence-electron chi connectivity index (χ0n) is 10.9. The van der Waals surface area contributed by atoms with Gasteiger partial charge in [-0.1, -0.05) is 0 Å². The third-order valence-electron chi connectivity index (χ3n) is 3.05. The van der Waals surface area contributed by atoms with Crippen LogP contribution in [0.1, 0.15) is 32.1 Å². The van der Waals surface area contributed by atoms with Crippen LogP contribution in [0.3, 0.4) is 0 Å². The zero-order valence-corrected chi connectivity index (χ0v) is 11.7. The lowest BCUT2D eigenvalue weighted by atomic mass is 10.0. The van der Waals surface area contributed by atoms with E-state index >= 15 is 0 Å². The second-order valence-corrected chi connectivity index (χ2v) is 4.43. The van der Waals surface area contributed by atoms with Crippen molar-refractivity contribution in [3.63, 3.8) is 0 Å². The molecule has 1 aliphatic rings. The Kier molecular flexibility index (Phi) is 9.69. The van der Waals surface area contributed by atoms with E-state index in [1.54, 1.807) is 0 Å². The normalized spacial score (nSPS) is 17.9. The number of methoxy groups -OCH3 is 1. The van der Waals surface area contributed by atoms with Gasteiger partial charge in [0.2, 0.25) is 5.91 Å². The quantitative estimate of drug-likeness (QED) is 0.536. The predicted molar refractivity (Wildman–Crippen MR) is 71.7 cm³/mol. The summed E-state index contributed by atoms with van der Waals surface area (Å²) in [6.07, 6.45) is 3.72. The van der Waals surface area contributed by atoms with Gasteiger partial charge in [-0.25, -0.2) is 0 Å². The van der Waals surface area contributed by atoms with Crippen LogP contribution in [0.4, 0.5) is 0 Å². The van der Waals surface area contributed by atoms with Gasteiger partial charge < -0.3 is 15.4 Å². The highest BCUT2D eigenvalue weighted by molar-refractivity contribution is 5.85. The molecule has 0 bridgehead atoms. The number of halogens is 1. The molecular formula is C12H23ClN2O3. The summed E-state index contributed by atoms with van der Waals surface area (Å²) in [6.45, 7) is 2.66. The average molecular weight is 279 g/mol. The second kappa shape index (κ2) is 10.1. The van der Waals surface area contributed by atoms with Gasteiger partial charge in [-0.05, 0) is 38.3 Å². The van der Waals surface area contributed by atoms with E-state index in [2.05, 4.69) is 15.4 Å². The Morgan fingerprint density at radius 3 is 2.78 bits per heavy atom. The van der Waals surface area contributed by atoms with Gasteiger partial charge in [0.1, 0.15) is 0 Å². The highest BCUT2D eigenvalue weighted by atomic mass is 35.5. The summed E-state index contributed by atoms with van der Waals surface area (Å²) in [5, 5.41) is 6.10. The minimum Gasteiger partial charge on any atom is -0.469 e. The van der Waals surface area contributed by atoms with Crippen molar-refractivity contribution in [1.82, 2.24) is 10.6 Å². The second-order valence-electron chi connectivity index (χ2n) is 4.43. The zero-order chi connectivity index (χ0) is 12.5. The molecule has 1 unspecified atom stereocenters. The summed E-state index contributed by atoms with van der Waals surface area (Å²) in [4.78, 5) is 22.3. The molecule has 1 atom stereocenters. The summed E-state index contributed by atoms with van der Waals surface area (Å²) < 4.78 is 4.51. The Bertz CT molecular complexity index is 256. The molecule has 0 aliphatic carbocycles. The fourth-order valence-corrected chi connectivity index (χ4v) is 1.95. The molecule has 2 N–H and O–H groups in total. The maximum atomic E-state index is 11.5.